The van der Waals surface area contributed by atoms with Crippen molar-refractivity contribution in [3.63, 3.8) is 0 Å². The molecule has 0 spiro atoms. The van der Waals surface area contributed by atoms with Gasteiger partial charge in [-0.15, -0.1) is 4.74 Å². The summed E-state index contributed by atoms with van der Waals surface area (Å²) >= 11 is 5.87. The molecule has 0 aliphatic heterocycles. The molecule has 1 heterocycles. The predicted molar refractivity (Wildman–Crippen MR) is 49.3 cm³/mol. The van der Waals surface area contributed by atoms with Crippen LogP contribution in [0.1, 0.15) is 0 Å². The SMILES string of the molecule is O=c1ccon1-c1ccccc1Cl. The highest BCUT2D eigenvalue weighted by Crippen LogP contribution is 2.17. The molecule has 3 nitrogen and oxygen atoms in total. The smallest absolute Gasteiger partial charge is 0.287 e. The Bertz CT molecular complexity index is 472. The van der Waals surface area contributed by atoms with E-state index in [9.17, 15) is 4.79 Å². The Labute approximate surface area is 79.1 Å². The minimum absolute atomic E-state index is 0.229. The zero-order valence-corrected chi connectivity index (χ0v) is 7.36. The fourth-order valence-corrected chi connectivity index (χ4v) is 1.27. The van der Waals surface area contributed by atoms with Gasteiger partial charge in [0, 0.05) is 6.07 Å². The molecule has 0 atom stereocenters. The zero-order chi connectivity index (χ0) is 9.26. The van der Waals surface area contributed by atoms with Crippen molar-refractivity contribution in [2.45, 2.75) is 0 Å². The summed E-state index contributed by atoms with van der Waals surface area (Å²) in [6.45, 7) is 0. The molecule has 4 heteroatoms. The van der Waals surface area contributed by atoms with E-state index in [4.69, 9.17) is 16.1 Å². The van der Waals surface area contributed by atoms with Crippen LogP contribution in [0.5, 0.6) is 0 Å². The molecule has 66 valence electrons. The van der Waals surface area contributed by atoms with Crippen LogP contribution < -0.4 is 5.56 Å². The van der Waals surface area contributed by atoms with Crippen molar-refractivity contribution >= 4 is 11.6 Å². The van der Waals surface area contributed by atoms with Crippen LogP contribution in [-0.4, -0.2) is 4.74 Å². The number of para-hydroxylation sites is 1. The van der Waals surface area contributed by atoms with E-state index in [0.717, 1.165) is 4.74 Å². The molecule has 1 aromatic heterocycles. The number of hydrogen-bond donors (Lipinski definition) is 0. The second-order valence-electron chi connectivity index (χ2n) is 2.49. The lowest BCUT2D eigenvalue weighted by atomic mass is 10.3. The van der Waals surface area contributed by atoms with Crippen molar-refractivity contribution in [2.24, 2.45) is 0 Å². The third-order valence-electron chi connectivity index (χ3n) is 1.65. The van der Waals surface area contributed by atoms with Crippen molar-refractivity contribution in [3.05, 3.63) is 52.0 Å². The number of hydrogen-bond acceptors (Lipinski definition) is 2. The van der Waals surface area contributed by atoms with Gasteiger partial charge < -0.3 is 4.52 Å². The zero-order valence-electron chi connectivity index (χ0n) is 6.61. The van der Waals surface area contributed by atoms with E-state index in [2.05, 4.69) is 0 Å². The molecular formula is C9H6ClNO2. The predicted octanol–water partition coefficient (Wildman–Crippen LogP) is 2.08. The third kappa shape index (κ3) is 1.38. The maximum Gasteiger partial charge on any atom is 0.287 e. The highest BCUT2D eigenvalue weighted by atomic mass is 35.5. The summed E-state index contributed by atoms with van der Waals surface area (Å²) in [5, 5.41) is 0.486. The summed E-state index contributed by atoms with van der Waals surface area (Å²) in [6.07, 6.45) is 1.33. The summed E-state index contributed by atoms with van der Waals surface area (Å²) in [6, 6.07) is 8.33. The molecule has 0 aliphatic carbocycles. The van der Waals surface area contributed by atoms with Gasteiger partial charge in [0.15, 0.2) is 0 Å². The monoisotopic (exact) mass is 195 g/mol. The Hall–Kier alpha value is -1.48. The number of benzene rings is 1. The van der Waals surface area contributed by atoms with Crippen LogP contribution in [0.25, 0.3) is 5.69 Å². The van der Waals surface area contributed by atoms with Crippen LogP contribution in [-0.2, 0) is 0 Å². The Morgan fingerprint density at radius 3 is 2.62 bits per heavy atom. The molecule has 0 amide bonds. The first-order valence-electron chi connectivity index (χ1n) is 3.71. The molecule has 0 saturated carbocycles. The van der Waals surface area contributed by atoms with E-state index in [1.165, 1.54) is 12.3 Å². The summed E-state index contributed by atoms with van der Waals surface area (Å²) in [7, 11) is 0. The number of halogens is 1. The van der Waals surface area contributed by atoms with Gasteiger partial charge in [0.2, 0.25) is 0 Å². The van der Waals surface area contributed by atoms with Crippen molar-refractivity contribution in [2.75, 3.05) is 0 Å². The number of rotatable bonds is 1. The minimum atomic E-state index is -0.229. The molecule has 0 unspecified atom stereocenters. The summed E-state index contributed by atoms with van der Waals surface area (Å²) in [5.74, 6) is 0. The molecule has 0 fully saturated rings. The molecule has 13 heavy (non-hydrogen) atoms. The van der Waals surface area contributed by atoms with Gasteiger partial charge in [-0.05, 0) is 12.1 Å². The van der Waals surface area contributed by atoms with E-state index in [1.54, 1.807) is 24.3 Å². The van der Waals surface area contributed by atoms with Crippen molar-refractivity contribution in [1.29, 1.82) is 0 Å². The highest BCUT2D eigenvalue weighted by molar-refractivity contribution is 6.32. The van der Waals surface area contributed by atoms with E-state index >= 15 is 0 Å². The van der Waals surface area contributed by atoms with Crippen LogP contribution in [0.4, 0.5) is 0 Å². The average molecular weight is 196 g/mol. The van der Waals surface area contributed by atoms with Gasteiger partial charge >= 0.3 is 0 Å². The molecule has 0 bridgehead atoms. The van der Waals surface area contributed by atoms with E-state index in [1.807, 2.05) is 0 Å². The van der Waals surface area contributed by atoms with E-state index < -0.39 is 0 Å². The lowest BCUT2D eigenvalue weighted by molar-refractivity contribution is 0.339. The molecule has 0 aliphatic rings. The number of aromatic nitrogens is 1. The Kier molecular flexibility index (Phi) is 1.94. The molecule has 0 radical (unpaired) electrons. The normalized spacial score (nSPS) is 10.2. The summed E-state index contributed by atoms with van der Waals surface area (Å²) in [4.78, 5) is 11.2. The molecule has 2 aromatic rings. The maximum atomic E-state index is 11.2. The van der Waals surface area contributed by atoms with Gasteiger partial charge in [0.1, 0.15) is 12.0 Å². The van der Waals surface area contributed by atoms with Crippen LogP contribution in [0.15, 0.2) is 45.9 Å². The highest BCUT2D eigenvalue weighted by Gasteiger charge is 2.04. The minimum Gasteiger partial charge on any atom is -0.379 e. The van der Waals surface area contributed by atoms with E-state index in [-0.39, 0.29) is 5.56 Å². The lowest BCUT2D eigenvalue weighted by Crippen LogP contribution is -2.10. The van der Waals surface area contributed by atoms with Crippen molar-refractivity contribution < 1.29 is 4.52 Å². The van der Waals surface area contributed by atoms with Gasteiger partial charge in [-0.1, -0.05) is 23.7 Å². The average Bonchev–Trinajstić information content (AvgIpc) is 2.52. The topological polar surface area (TPSA) is 35.1 Å². The Morgan fingerprint density at radius 2 is 2.00 bits per heavy atom. The quantitative estimate of drug-likeness (QED) is 0.699. The van der Waals surface area contributed by atoms with Gasteiger partial charge in [-0.2, -0.15) is 0 Å². The van der Waals surface area contributed by atoms with Gasteiger partial charge in [-0.25, -0.2) is 0 Å². The van der Waals surface area contributed by atoms with Crippen LogP contribution >= 0.6 is 11.6 Å². The Morgan fingerprint density at radius 1 is 1.23 bits per heavy atom. The molecule has 0 saturated heterocycles. The fourth-order valence-electron chi connectivity index (χ4n) is 1.06. The molecular weight excluding hydrogens is 190 g/mol. The summed E-state index contributed by atoms with van der Waals surface area (Å²) in [5.41, 5.74) is 0.326. The largest absolute Gasteiger partial charge is 0.379 e. The van der Waals surface area contributed by atoms with Gasteiger partial charge in [-0.3, -0.25) is 4.79 Å². The lowest BCUT2D eigenvalue weighted by Gasteiger charge is -2.00. The van der Waals surface area contributed by atoms with Crippen LogP contribution in [0.3, 0.4) is 0 Å². The summed E-state index contributed by atoms with van der Waals surface area (Å²) < 4.78 is 6.09. The Balaban J connectivity index is 2.66. The van der Waals surface area contributed by atoms with E-state index in [0.29, 0.717) is 10.7 Å². The van der Waals surface area contributed by atoms with Gasteiger partial charge in [0.05, 0.1) is 5.02 Å². The first-order valence-corrected chi connectivity index (χ1v) is 4.09. The second kappa shape index (κ2) is 3.11. The van der Waals surface area contributed by atoms with Gasteiger partial charge in [0.25, 0.3) is 5.56 Å². The molecule has 1 aromatic carbocycles. The third-order valence-corrected chi connectivity index (χ3v) is 1.97. The standard InChI is InChI=1S/C9H6ClNO2/c10-7-3-1-2-4-8(7)11-9(12)5-6-13-11/h1-6H. The molecule has 2 rings (SSSR count). The fraction of sp³-hybridized carbons (Fsp3) is 0. The first-order chi connectivity index (χ1) is 6.29. The van der Waals surface area contributed by atoms with Crippen molar-refractivity contribution in [1.82, 2.24) is 4.74 Å². The van der Waals surface area contributed by atoms with Crippen LogP contribution in [0.2, 0.25) is 5.02 Å². The second-order valence-corrected chi connectivity index (χ2v) is 2.90. The molecule has 0 N–H and O–H groups in total. The number of nitrogens with zero attached hydrogens (tertiary/aromatic N) is 1. The van der Waals surface area contributed by atoms with Crippen LogP contribution in [0, 0.1) is 0 Å². The maximum absolute atomic E-state index is 11.2. The first kappa shape index (κ1) is 8.13. The van der Waals surface area contributed by atoms with Crippen molar-refractivity contribution in [3.8, 4) is 5.69 Å².